The third-order valence-corrected chi connectivity index (χ3v) is 4.63. The molecule has 0 radical (unpaired) electrons. The molecule has 0 aliphatic heterocycles. The van der Waals surface area contributed by atoms with Gasteiger partial charge in [0.1, 0.15) is 11.0 Å². The van der Waals surface area contributed by atoms with E-state index in [1.54, 1.807) is 12.5 Å². The maximum Gasteiger partial charge on any atom is 0.321 e. The van der Waals surface area contributed by atoms with E-state index in [0.29, 0.717) is 17.3 Å². The van der Waals surface area contributed by atoms with Gasteiger partial charge in [-0.15, -0.1) is 0 Å². The van der Waals surface area contributed by atoms with Crippen LogP contribution < -0.4 is 10.6 Å². The summed E-state index contributed by atoms with van der Waals surface area (Å²) >= 11 is 1.36. The fraction of sp³-hybridized carbons (Fsp3) is 0.125. The summed E-state index contributed by atoms with van der Waals surface area (Å²) in [7, 11) is 0. The van der Waals surface area contributed by atoms with Gasteiger partial charge in [0.15, 0.2) is 16.6 Å². The number of anilines is 1. The fourth-order valence-corrected chi connectivity index (χ4v) is 3.32. The Balaban J connectivity index is 1.48. The van der Waals surface area contributed by atoms with Gasteiger partial charge < -0.3 is 5.32 Å². The minimum Gasteiger partial charge on any atom is -0.334 e. The first-order valence-corrected chi connectivity index (χ1v) is 8.45. The lowest BCUT2D eigenvalue weighted by Gasteiger charge is -2.05. The molecule has 0 aliphatic carbocycles. The molecule has 0 unspecified atom stereocenters. The summed E-state index contributed by atoms with van der Waals surface area (Å²) < 4.78 is 2.73. The highest BCUT2D eigenvalue weighted by atomic mass is 32.1. The van der Waals surface area contributed by atoms with Gasteiger partial charge in [-0.05, 0) is 12.5 Å². The third kappa shape index (κ3) is 3.09. The number of carbonyl (C=O) groups excluding carboxylic acids is 1. The van der Waals surface area contributed by atoms with Crippen LogP contribution in [0.2, 0.25) is 0 Å². The van der Waals surface area contributed by atoms with Crippen LogP contribution in [0.1, 0.15) is 11.3 Å². The van der Waals surface area contributed by atoms with E-state index in [0.717, 1.165) is 21.8 Å². The van der Waals surface area contributed by atoms with Crippen molar-refractivity contribution in [3.63, 3.8) is 0 Å². The standard InChI is InChI=1S/C16H15N7OS/c1-10-7-17-9-23(10)14-12-13(21-22-14)19-16(25-12)20-15(24)18-8-11-5-3-2-4-6-11/h2-7,9H,8H2,1H3,(H3,18,19,20,21,22,24). The summed E-state index contributed by atoms with van der Waals surface area (Å²) in [6, 6.07) is 9.43. The molecular formula is C16H15N7OS. The number of H-pyrrole nitrogens is 1. The number of rotatable bonds is 4. The number of thiazole rings is 1. The van der Waals surface area contributed by atoms with Crippen molar-refractivity contribution in [1.29, 1.82) is 0 Å². The minimum absolute atomic E-state index is 0.298. The summed E-state index contributed by atoms with van der Waals surface area (Å²) in [6.07, 6.45) is 3.46. The van der Waals surface area contributed by atoms with Crippen LogP contribution in [0.5, 0.6) is 0 Å². The maximum absolute atomic E-state index is 12.1. The predicted octanol–water partition coefficient (Wildman–Crippen LogP) is 2.84. The second-order valence-corrected chi connectivity index (χ2v) is 6.44. The Morgan fingerprint density at radius 2 is 2.16 bits per heavy atom. The number of fused-ring (bicyclic) bond motifs is 1. The SMILES string of the molecule is Cc1cncn1-c1n[nH]c2nc(NC(=O)NCc3ccccc3)sc12. The van der Waals surface area contributed by atoms with Crippen LogP contribution in [0.15, 0.2) is 42.9 Å². The lowest BCUT2D eigenvalue weighted by atomic mass is 10.2. The lowest BCUT2D eigenvalue weighted by molar-refractivity contribution is 0.251. The molecule has 0 fully saturated rings. The molecule has 3 aromatic heterocycles. The third-order valence-electron chi connectivity index (χ3n) is 3.67. The molecule has 0 saturated carbocycles. The van der Waals surface area contributed by atoms with Crippen molar-refractivity contribution >= 4 is 32.8 Å². The molecule has 0 atom stereocenters. The first kappa shape index (κ1) is 15.3. The highest BCUT2D eigenvalue weighted by Gasteiger charge is 2.15. The van der Waals surface area contributed by atoms with Crippen LogP contribution in [-0.2, 0) is 6.54 Å². The minimum atomic E-state index is -0.298. The molecule has 8 nitrogen and oxygen atoms in total. The van der Waals surface area contributed by atoms with Gasteiger partial charge in [-0.1, -0.05) is 41.7 Å². The second kappa shape index (κ2) is 6.36. The molecule has 2 amide bonds. The summed E-state index contributed by atoms with van der Waals surface area (Å²) in [5.41, 5.74) is 2.63. The molecule has 3 N–H and O–H groups in total. The van der Waals surface area contributed by atoms with E-state index in [2.05, 4.69) is 30.8 Å². The number of benzene rings is 1. The number of urea groups is 1. The highest BCUT2D eigenvalue weighted by molar-refractivity contribution is 7.22. The number of aryl methyl sites for hydroxylation is 1. The number of amides is 2. The Labute approximate surface area is 146 Å². The Kier molecular flexibility index (Phi) is 3.90. The molecule has 9 heteroatoms. The Morgan fingerprint density at radius 1 is 1.32 bits per heavy atom. The average molecular weight is 353 g/mol. The van der Waals surface area contributed by atoms with Crippen molar-refractivity contribution in [1.82, 2.24) is 30.0 Å². The quantitative estimate of drug-likeness (QED) is 0.525. The van der Waals surface area contributed by atoms with Gasteiger partial charge in [0, 0.05) is 18.4 Å². The van der Waals surface area contributed by atoms with E-state index in [4.69, 9.17) is 0 Å². The van der Waals surface area contributed by atoms with Crippen LogP contribution in [-0.4, -0.2) is 30.8 Å². The molecular weight excluding hydrogens is 338 g/mol. The average Bonchev–Trinajstić information content (AvgIpc) is 3.30. The second-order valence-electron chi connectivity index (χ2n) is 5.44. The number of aromatic amines is 1. The number of nitrogens with one attached hydrogen (secondary N) is 3. The van der Waals surface area contributed by atoms with Crippen molar-refractivity contribution in [2.45, 2.75) is 13.5 Å². The molecule has 1 aromatic carbocycles. The van der Waals surface area contributed by atoms with E-state index in [1.165, 1.54) is 11.3 Å². The van der Waals surface area contributed by atoms with Gasteiger partial charge in [-0.2, -0.15) is 5.10 Å². The van der Waals surface area contributed by atoms with Gasteiger partial charge in [-0.3, -0.25) is 15.0 Å². The molecule has 0 aliphatic rings. The van der Waals surface area contributed by atoms with Gasteiger partial charge in [-0.25, -0.2) is 14.8 Å². The van der Waals surface area contributed by atoms with Crippen LogP contribution in [0.3, 0.4) is 0 Å². The Hall–Kier alpha value is -3.20. The van der Waals surface area contributed by atoms with Crippen LogP contribution >= 0.6 is 11.3 Å². The molecule has 0 bridgehead atoms. The van der Waals surface area contributed by atoms with Crippen molar-refractivity contribution < 1.29 is 4.79 Å². The van der Waals surface area contributed by atoms with Crippen LogP contribution in [0.25, 0.3) is 16.2 Å². The molecule has 3 heterocycles. The smallest absolute Gasteiger partial charge is 0.321 e. The summed E-state index contributed by atoms with van der Waals surface area (Å²) in [4.78, 5) is 20.5. The zero-order valence-electron chi connectivity index (χ0n) is 13.4. The fourth-order valence-electron chi connectivity index (χ4n) is 2.42. The van der Waals surface area contributed by atoms with Gasteiger partial charge in [0.05, 0.1) is 0 Å². The number of aromatic nitrogens is 5. The maximum atomic E-state index is 12.1. The van der Waals surface area contributed by atoms with Gasteiger partial charge in [0.2, 0.25) is 0 Å². The summed E-state index contributed by atoms with van der Waals surface area (Å²) in [5.74, 6) is 0.722. The first-order valence-electron chi connectivity index (χ1n) is 7.64. The van der Waals surface area contributed by atoms with E-state index in [1.807, 2.05) is 41.8 Å². The van der Waals surface area contributed by atoms with Gasteiger partial charge >= 0.3 is 6.03 Å². The lowest BCUT2D eigenvalue weighted by Crippen LogP contribution is -2.28. The molecule has 25 heavy (non-hydrogen) atoms. The number of carbonyl (C=O) groups is 1. The van der Waals surface area contributed by atoms with E-state index >= 15 is 0 Å². The number of nitrogens with zero attached hydrogens (tertiary/aromatic N) is 4. The molecule has 4 aromatic rings. The number of hydrogen-bond donors (Lipinski definition) is 3. The molecule has 0 spiro atoms. The predicted molar refractivity (Wildman–Crippen MR) is 95.9 cm³/mol. The van der Waals surface area contributed by atoms with E-state index < -0.39 is 0 Å². The largest absolute Gasteiger partial charge is 0.334 e. The highest BCUT2D eigenvalue weighted by Crippen LogP contribution is 2.29. The van der Waals surface area contributed by atoms with E-state index in [9.17, 15) is 4.79 Å². The number of imidazole rings is 1. The monoisotopic (exact) mass is 353 g/mol. The van der Waals surface area contributed by atoms with Crippen molar-refractivity contribution in [3.8, 4) is 5.82 Å². The number of hydrogen-bond acceptors (Lipinski definition) is 5. The molecule has 0 saturated heterocycles. The normalized spacial score (nSPS) is 10.9. The molecule has 126 valence electrons. The Morgan fingerprint density at radius 3 is 2.92 bits per heavy atom. The molecule has 4 rings (SSSR count). The summed E-state index contributed by atoms with van der Waals surface area (Å²) in [6.45, 7) is 2.40. The Bertz CT molecular complexity index is 1020. The van der Waals surface area contributed by atoms with Crippen LogP contribution in [0, 0.1) is 6.92 Å². The van der Waals surface area contributed by atoms with Crippen LogP contribution in [0.4, 0.5) is 9.93 Å². The van der Waals surface area contributed by atoms with E-state index in [-0.39, 0.29) is 6.03 Å². The van der Waals surface area contributed by atoms with Gasteiger partial charge in [0.25, 0.3) is 0 Å². The zero-order chi connectivity index (χ0) is 17.2. The van der Waals surface area contributed by atoms with Crippen molar-refractivity contribution in [3.05, 3.63) is 54.1 Å². The van der Waals surface area contributed by atoms with Crippen molar-refractivity contribution in [2.75, 3.05) is 5.32 Å². The topological polar surface area (TPSA) is 101 Å². The first-order chi connectivity index (χ1) is 12.2. The zero-order valence-corrected chi connectivity index (χ0v) is 14.2. The summed E-state index contributed by atoms with van der Waals surface area (Å²) in [5, 5.41) is 13.2. The van der Waals surface area contributed by atoms with Crippen molar-refractivity contribution in [2.24, 2.45) is 0 Å².